The van der Waals surface area contributed by atoms with Crippen LogP contribution in [0.4, 0.5) is 5.69 Å². The standard InChI is InChI=1S/C34H25N3O5/c1-20(38)42-24-14-12-22(13-15-24)31(40)29-28(30(39)23-8-6-17-35-19-23)34(26-10-4-5-11-27(26)36-33(34)41)32-25-9-3-2-7-21(25)16-18-37(29)32/h2-19,28-29,32H,1H3,(H,36,41). The number of fused-ring (bicyclic) bond motifs is 6. The average molecular weight is 556 g/mol. The van der Waals surface area contributed by atoms with E-state index in [-0.39, 0.29) is 17.5 Å². The summed E-state index contributed by atoms with van der Waals surface area (Å²) in [5, 5.41) is 3.04. The lowest BCUT2D eigenvalue weighted by Crippen LogP contribution is -2.49. The first-order chi connectivity index (χ1) is 20.4. The Labute approximate surface area is 241 Å². The fourth-order valence-electron chi connectivity index (χ4n) is 6.88. The van der Waals surface area contributed by atoms with Crippen LogP contribution in [0.1, 0.15) is 50.4 Å². The van der Waals surface area contributed by atoms with E-state index in [1.807, 2.05) is 65.7 Å². The number of aromatic nitrogens is 1. The van der Waals surface area contributed by atoms with Crippen LogP contribution in [0.15, 0.2) is 104 Å². The van der Waals surface area contributed by atoms with E-state index in [1.54, 1.807) is 42.6 Å². The number of nitrogens with zero attached hydrogens (tertiary/aromatic N) is 2. The molecule has 0 saturated carbocycles. The molecule has 206 valence electrons. The Morgan fingerprint density at radius 1 is 0.881 bits per heavy atom. The lowest BCUT2D eigenvalue weighted by atomic mass is 9.62. The molecule has 3 aromatic carbocycles. The second-order valence-corrected chi connectivity index (χ2v) is 10.7. The molecule has 1 saturated heterocycles. The molecule has 4 unspecified atom stereocenters. The third-order valence-electron chi connectivity index (χ3n) is 8.47. The average Bonchev–Trinajstić information content (AvgIpc) is 3.49. The lowest BCUT2D eigenvalue weighted by Gasteiger charge is -2.38. The zero-order valence-corrected chi connectivity index (χ0v) is 22.6. The molecule has 1 N–H and O–H groups in total. The van der Waals surface area contributed by atoms with Gasteiger partial charge in [0.25, 0.3) is 0 Å². The molecule has 1 amide bonds. The van der Waals surface area contributed by atoms with E-state index in [0.717, 1.165) is 11.1 Å². The minimum atomic E-state index is -1.41. The Bertz CT molecular complexity index is 1800. The molecule has 4 aromatic rings. The lowest BCUT2D eigenvalue weighted by molar-refractivity contribution is -0.131. The van der Waals surface area contributed by atoms with Crippen LogP contribution in [0.3, 0.4) is 0 Å². The van der Waals surface area contributed by atoms with Gasteiger partial charge in [0.2, 0.25) is 5.91 Å². The Morgan fingerprint density at radius 2 is 1.64 bits per heavy atom. The van der Waals surface area contributed by atoms with Crippen LogP contribution >= 0.6 is 0 Å². The number of esters is 1. The number of benzene rings is 3. The fraction of sp³-hybridized carbons (Fsp3) is 0.147. The van der Waals surface area contributed by atoms with Gasteiger partial charge in [-0.1, -0.05) is 42.5 Å². The molecule has 3 aliphatic rings. The van der Waals surface area contributed by atoms with E-state index in [9.17, 15) is 19.2 Å². The van der Waals surface area contributed by atoms with Crippen molar-refractivity contribution in [3.05, 3.63) is 131 Å². The molecule has 4 atom stereocenters. The van der Waals surface area contributed by atoms with Crippen LogP contribution in [0, 0.1) is 5.92 Å². The highest BCUT2D eigenvalue weighted by atomic mass is 16.5. The summed E-state index contributed by atoms with van der Waals surface area (Å²) >= 11 is 0. The number of carbonyl (C=O) groups excluding carboxylic acids is 4. The normalized spacial score (nSPS) is 23.1. The summed E-state index contributed by atoms with van der Waals surface area (Å²) in [6.07, 6.45) is 6.80. The van der Waals surface area contributed by atoms with Gasteiger partial charge in [0.05, 0.1) is 12.0 Å². The second-order valence-electron chi connectivity index (χ2n) is 10.7. The van der Waals surface area contributed by atoms with Gasteiger partial charge < -0.3 is 15.0 Å². The molecular formula is C34H25N3O5. The van der Waals surface area contributed by atoms with E-state index >= 15 is 0 Å². The number of hydrogen-bond acceptors (Lipinski definition) is 7. The Morgan fingerprint density at radius 3 is 2.40 bits per heavy atom. The number of Topliss-reactive ketones (excluding diaryl/α,β-unsaturated/α-hetero) is 2. The zero-order chi connectivity index (χ0) is 29.0. The third-order valence-corrected chi connectivity index (χ3v) is 8.47. The van der Waals surface area contributed by atoms with Gasteiger partial charge in [0.1, 0.15) is 17.2 Å². The van der Waals surface area contributed by atoms with Crippen LogP contribution < -0.4 is 10.1 Å². The number of hydrogen-bond donors (Lipinski definition) is 1. The van der Waals surface area contributed by atoms with Crippen LogP contribution in [-0.4, -0.2) is 39.4 Å². The van der Waals surface area contributed by atoms with E-state index in [1.165, 1.54) is 13.1 Å². The van der Waals surface area contributed by atoms with Crippen molar-refractivity contribution in [2.24, 2.45) is 5.92 Å². The minimum Gasteiger partial charge on any atom is -0.427 e. The first kappa shape index (κ1) is 25.6. The molecule has 7 rings (SSSR count). The molecule has 1 fully saturated rings. The maximum absolute atomic E-state index is 14.7. The molecule has 8 heteroatoms. The van der Waals surface area contributed by atoms with Crippen molar-refractivity contribution in [3.8, 4) is 5.75 Å². The number of pyridine rings is 1. The predicted octanol–water partition coefficient (Wildman–Crippen LogP) is 4.99. The van der Waals surface area contributed by atoms with Gasteiger partial charge in [-0.05, 0) is 65.2 Å². The van der Waals surface area contributed by atoms with Crippen molar-refractivity contribution in [1.82, 2.24) is 9.88 Å². The number of rotatable bonds is 5. The summed E-state index contributed by atoms with van der Waals surface area (Å²) in [4.78, 5) is 61.1. The summed E-state index contributed by atoms with van der Waals surface area (Å²) in [6, 6.07) is 23.1. The van der Waals surface area contributed by atoms with Crippen molar-refractivity contribution < 1.29 is 23.9 Å². The maximum Gasteiger partial charge on any atom is 0.308 e. The Balaban J connectivity index is 1.48. The number of para-hydroxylation sites is 1. The molecule has 8 nitrogen and oxygen atoms in total. The minimum absolute atomic E-state index is 0.304. The van der Waals surface area contributed by atoms with Crippen molar-refractivity contribution in [3.63, 3.8) is 0 Å². The topological polar surface area (TPSA) is 106 Å². The fourth-order valence-corrected chi connectivity index (χ4v) is 6.88. The number of carbonyl (C=O) groups is 4. The first-order valence-corrected chi connectivity index (χ1v) is 13.6. The SMILES string of the molecule is CC(=O)Oc1ccc(C(=O)C2C(C(=O)c3cccnc3)C3(C(=O)Nc4ccccc43)C3c4ccccc4C=CN23)cc1. The van der Waals surface area contributed by atoms with Gasteiger partial charge in [-0.2, -0.15) is 0 Å². The van der Waals surface area contributed by atoms with Crippen LogP contribution in [0.5, 0.6) is 5.75 Å². The number of anilines is 1. The van der Waals surface area contributed by atoms with Crippen LogP contribution in [0.2, 0.25) is 0 Å². The van der Waals surface area contributed by atoms with E-state index < -0.39 is 29.4 Å². The number of ketones is 2. The highest BCUT2D eigenvalue weighted by molar-refractivity contribution is 6.16. The second kappa shape index (κ2) is 9.62. The molecule has 1 spiro atoms. The smallest absolute Gasteiger partial charge is 0.308 e. The molecule has 4 heterocycles. The number of nitrogens with one attached hydrogen (secondary N) is 1. The van der Waals surface area contributed by atoms with Gasteiger partial charge >= 0.3 is 5.97 Å². The molecule has 42 heavy (non-hydrogen) atoms. The van der Waals surface area contributed by atoms with Gasteiger partial charge in [0, 0.05) is 42.3 Å². The molecular weight excluding hydrogens is 530 g/mol. The van der Waals surface area contributed by atoms with E-state index in [4.69, 9.17) is 4.74 Å². The van der Waals surface area contributed by atoms with Gasteiger partial charge in [-0.25, -0.2) is 0 Å². The highest BCUT2D eigenvalue weighted by Gasteiger charge is 2.70. The van der Waals surface area contributed by atoms with Crippen LogP contribution in [0.25, 0.3) is 6.08 Å². The predicted molar refractivity (Wildman–Crippen MR) is 155 cm³/mol. The Hall–Kier alpha value is -5.37. The molecule has 1 aromatic heterocycles. The Kier molecular flexibility index (Phi) is 5.86. The van der Waals surface area contributed by atoms with Crippen molar-refractivity contribution >= 4 is 35.2 Å². The summed E-state index contributed by atoms with van der Waals surface area (Å²) in [6.45, 7) is 1.30. The molecule has 0 radical (unpaired) electrons. The maximum atomic E-state index is 14.7. The van der Waals surface area contributed by atoms with Gasteiger partial charge in [-0.3, -0.25) is 24.2 Å². The summed E-state index contributed by atoms with van der Waals surface area (Å²) < 4.78 is 5.16. The highest BCUT2D eigenvalue weighted by Crippen LogP contribution is 2.62. The third kappa shape index (κ3) is 3.65. The van der Waals surface area contributed by atoms with Crippen molar-refractivity contribution in [2.45, 2.75) is 24.4 Å². The first-order valence-electron chi connectivity index (χ1n) is 13.6. The summed E-state index contributed by atoms with van der Waals surface area (Å²) in [7, 11) is 0. The zero-order valence-electron chi connectivity index (χ0n) is 22.6. The quantitative estimate of drug-likeness (QED) is 0.210. The molecule has 3 aliphatic heterocycles. The van der Waals surface area contributed by atoms with E-state index in [0.29, 0.717) is 28.1 Å². The number of ether oxygens (including phenoxy) is 1. The number of amides is 1. The van der Waals surface area contributed by atoms with Gasteiger partial charge in [-0.15, -0.1) is 0 Å². The van der Waals surface area contributed by atoms with Crippen LogP contribution in [-0.2, 0) is 15.0 Å². The monoisotopic (exact) mass is 555 g/mol. The summed E-state index contributed by atoms with van der Waals surface area (Å²) in [5.74, 6) is -2.25. The van der Waals surface area contributed by atoms with E-state index in [2.05, 4.69) is 10.3 Å². The van der Waals surface area contributed by atoms with Gasteiger partial charge in [0.15, 0.2) is 11.6 Å². The largest absolute Gasteiger partial charge is 0.427 e. The van der Waals surface area contributed by atoms with Crippen molar-refractivity contribution in [1.29, 1.82) is 0 Å². The molecule has 0 aliphatic carbocycles. The summed E-state index contributed by atoms with van der Waals surface area (Å²) in [5.41, 5.74) is 2.31. The molecule has 0 bridgehead atoms. The van der Waals surface area contributed by atoms with Crippen molar-refractivity contribution in [2.75, 3.05) is 5.32 Å².